The maximum Gasteiger partial charge on any atom is 0.152 e. The van der Waals surface area contributed by atoms with Crippen molar-refractivity contribution in [2.24, 2.45) is 5.84 Å². The Morgan fingerprint density at radius 3 is 3.25 bits per heavy atom. The smallest absolute Gasteiger partial charge is 0.152 e. The number of nitrogens with two attached hydrogens (primary N) is 1. The minimum absolute atomic E-state index is 0.000619. The Balaban J connectivity index is 1.86. The first-order valence-electron chi connectivity index (χ1n) is 6.45. The molecule has 0 bridgehead atoms. The zero-order chi connectivity index (χ0) is 13.9. The molecule has 2 aromatic heterocycles. The lowest BCUT2D eigenvalue weighted by Crippen LogP contribution is -2.47. The average molecular weight is 295 g/mol. The van der Waals surface area contributed by atoms with Crippen LogP contribution in [-0.2, 0) is 11.3 Å². The van der Waals surface area contributed by atoms with E-state index in [9.17, 15) is 5.11 Å². The van der Waals surface area contributed by atoms with E-state index in [0.29, 0.717) is 31.4 Å². The van der Waals surface area contributed by atoms with Gasteiger partial charge in [-0.05, 0) is 11.4 Å². The Morgan fingerprint density at radius 2 is 2.45 bits per heavy atom. The fourth-order valence-corrected chi connectivity index (χ4v) is 3.11. The maximum atomic E-state index is 9.39. The summed E-state index contributed by atoms with van der Waals surface area (Å²) in [4.78, 5) is 12.1. The lowest BCUT2D eigenvalue weighted by molar-refractivity contribution is -0.0322. The maximum absolute atomic E-state index is 9.39. The SMILES string of the molecule is NNc1nc(CN2CCOCC2CO)nc2sccc12. The first-order valence-corrected chi connectivity index (χ1v) is 7.33. The third-order valence-electron chi connectivity index (χ3n) is 3.41. The molecule has 108 valence electrons. The van der Waals surface area contributed by atoms with Crippen LogP contribution in [-0.4, -0.2) is 52.4 Å². The third kappa shape index (κ3) is 2.60. The van der Waals surface area contributed by atoms with E-state index in [1.165, 1.54) is 0 Å². The van der Waals surface area contributed by atoms with Gasteiger partial charge in [0.05, 0.1) is 37.8 Å². The van der Waals surface area contributed by atoms with Gasteiger partial charge >= 0.3 is 0 Å². The molecular weight excluding hydrogens is 278 g/mol. The first-order chi connectivity index (χ1) is 9.81. The summed E-state index contributed by atoms with van der Waals surface area (Å²) in [6, 6.07) is 1.95. The number of thiophene rings is 1. The summed E-state index contributed by atoms with van der Waals surface area (Å²) in [6.07, 6.45) is 0. The number of aromatic nitrogens is 2. The van der Waals surface area contributed by atoms with Crippen molar-refractivity contribution < 1.29 is 9.84 Å². The van der Waals surface area contributed by atoms with Gasteiger partial charge in [-0.1, -0.05) is 0 Å². The van der Waals surface area contributed by atoms with Gasteiger partial charge in [0.25, 0.3) is 0 Å². The van der Waals surface area contributed by atoms with Gasteiger partial charge in [-0.25, -0.2) is 15.8 Å². The number of hydrazine groups is 1. The number of aliphatic hydroxyl groups excluding tert-OH is 1. The van der Waals surface area contributed by atoms with Crippen molar-refractivity contribution >= 4 is 27.4 Å². The van der Waals surface area contributed by atoms with Crippen molar-refractivity contribution in [2.75, 3.05) is 31.8 Å². The van der Waals surface area contributed by atoms with Crippen molar-refractivity contribution in [1.29, 1.82) is 0 Å². The number of ether oxygens (including phenoxy) is 1. The van der Waals surface area contributed by atoms with Crippen LogP contribution in [0.15, 0.2) is 11.4 Å². The molecule has 1 atom stereocenters. The number of hydrogen-bond acceptors (Lipinski definition) is 8. The predicted octanol–water partition coefficient (Wildman–Crippen LogP) is 0.170. The minimum atomic E-state index is 0.000619. The summed E-state index contributed by atoms with van der Waals surface area (Å²) in [5, 5.41) is 12.3. The molecule has 0 radical (unpaired) electrons. The molecule has 4 N–H and O–H groups in total. The van der Waals surface area contributed by atoms with Crippen LogP contribution < -0.4 is 11.3 Å². The molecule has 1 saturated heterocycles. The molecule has 20 heavy (non-hydrogen) atoms. The van der Waals surface area contributed by atoms with Crippen molar-refractivity contribution in [3.63, 3.8) is 0 Å². The summed E-state index contributed by atoms with van der Waals surface area (Å²) in [7, 11) is 0. The van der Waals surface area contributed by atoms with E-state index in [-0.39, 0.29) is 12.6 Å². The number of nitrogens with one attached hydrogen (secondary N) is 1. The molecule has 0 aromatic carbocycles. The molecule has 0 saturated carbocycles. The van der Waals surface area contributed by atoms with Crippen molar-refractivity contribution in [3.8, 4) is 0 Å². The predicted molar refractivity (Wildman–Crippen MR) is 77.3 cm³/mol. The molecule has 3 rings (SSSR count). The van der Waals surface area contributed by atoms with E-state index < -0.39 is 0 Å². The topological polar surface area (TPSA) is 96.5 Å². The quantitative estimate of drug-likeness (QED) is 0.546. The highest BCUT2D eigenvalue weighted by Gasteiger charge is 2.23. The van der Waals surface area contributed by atoms with Crippen LogP contribution in [0.2, 0.25) is 0 Å². The first kappa shape index (κ1) is 13.7. The van der Waals surface area contributed by atoms with Crippen LogP contribution in [0, 0.1) is 0 Å². The number of anilines is 1. The largest absolute Gasteiger partial charge is 0.395 e. The highest BCUT2D eigenvalue weighted by molar-refractivity contribution is 7.16. The molecule has 1 fully saturated rings. The Hall–Kier alpha value is -1.32. The van der Waals surface area contributed by atoms with Gasteiger partial charge in [0.15, 0.2) is 5.82 Å². The Morgan fingerprint density at radius 1 is 1.55 bits per heavy atom. The van der Waals surface area contributed by atoms with E-state index in [1.807, 2.05) is 11.4 Å². The number of nitrogens with zero attached hydrogens (tertiary/aromatic N) is 3. The normalized spacial score (nSPS) is 20.4. The van der Waals surface area contributed by atoms with Crippen molar-refractivity contribution in [3.05, 3.63) is 17.3 Å². The van der Waals surface area contributed by atoms with E-state index in [2.05, 4.69) is 20.3 Å². The third-order valence-corrected chi connectivity index (χ3v) is 4.22. The van der Waals surface area contributed by atoms with E-state index in [1.54, 1.807) is 11.3 Å². The van der Waals surface area contributed by atoms with Gasteiger partial charge in [-0.15, -0.1) is 11.3 Å². The van der Waals surface area contributed by atoms with E-state index >= 15 is 0 Å². The number of fused-ring (bicyclic) bond motifs is 1. The second kappa shape index (κ2) is 5.98. The van der Waals surface area contributed by atoms with Crippen LogP contribution >= 0.6 is 11.3 Å². The van der Waals surface area contributed by atoms with Crippen molar-refractivity contribution in [1.82, 2.24) is 14.9 Å². The van der Waals surface area contributed by atoms with Gasteiger partial charge in [-0.2, -0.15) is 0 Å². The molecule has 1 aliphatic rings. The number of morpholine rings is 1. The summed E-state index contributed by atoms with van der Waals surface area (Å²) in [5.41, 5.74) is 2.62. The molecular formula is C12H17N5O2S. The fraction of sp³-hybridized carbons (Fsp3) is 0.500. The lowest BCUT2D eigenvalue weighted by Gasteiger charge is -2.33. The Bertz CT molecular complexity index is 590. The highest BCUT2D eigenvalue weighted by atomic mass is 32.1. The average Bonchev–Trinajstić information content (AvgIpc) is 2.95. The second-order valence-corrected chi connectivity index (χ2v) is 5.55. The van der Waals surface area contributed by atoms with Gasteiger partial charge in [0.2, 0.25) is 0 Å². The van der Waals surface area contributed by atoms with Crippen LogP contribution in [0.5, 0.6) is 0 Å². The van der Waals surface area contributed by atoms with Gasteiger partial charge in [0.1, 0.15) is 10.7 Å². The summed E-state index contributed by atoms with van der Waals surface area (Å²) in [6.45, 7) is 2.63. The summed E-state index contributed by atoms with van der Waals surface area (Å²) >= 11 is 1.56. The number of nitrogen functional groups attached to an aromatic ring is 1. The zero-order valence-corrected chi connectivity index (χ0v) is 11.8. The van der Waals surface area contributed by atoms with Crippen LogP contribution in [0.25, 0.3) is 10.2 Å². The molecule has 3 heterocycles. The standard InChI is InChI=1S/C12H17N5O2S/c13-16-11-9-1-4-20-12(9)15-10(14-11)5-17-2-3-19-7-8(17)6-18/h1,4,8,18H,2-3,5-7,13H2,(H,14,15,16). The summed E-state index contributed by atoms with van der Waals surface area (Å²) < 4.78 is 5.37. The molecule has 8 heteroatoms. The highest BCUT2D eigenvalue weighted by Crippen LogP contribution is 2.25. The van der Waals surface area contributed by atoms with Gasteiger partial charge < -0.3 is 15.3 Å². The Labute approximate surface area is 120 Å². The molecule has 0 spiro atoms. The van der Waals surface area contributed by atoms with Crippen molar-refractivity contribution in [2.45, 2.75) is 12.6 Å². The second-order valence-electron chi connectivity index (χ2n) is 4.65. The van der Waals surface area contributed by atoms with E-state index in [0.717, 1.165) is 16.8 Å². The number of hydrogen-bond donors (Lipinski definition) is 3. The lowest BCUT2D eigenvalue weighted by atomic mass is 10.2. The zero-order valence-electron chi connectivity index (χ0n) is 11.0. The van der Waals surface area contributed by atoms with Gasteiger partial charge in [-0.3, -0.25) is 4.90 Å². The molecule has 1 unspecified atom stereocenters. The van der Waals surface area contributed by atoms with Crippen LogP contribution in [0.3, 0.4) is 0 Å². The van der Waals surface area contributed by atoms with Crippen LogP contribution in [0.4, 0.5) is 5.82 Å². The number of rotatable bonds is 4. The van der Waals surface area contributed by atoms with Crippen LogP contribution in [0.1, 0.15) is 5.82 Å². The summed E-state index contributed by atoms with van der Waals surface area (Å²) in [5.74, 6) is 6.86. The van der Waals surface area contributed by atoms with Gasteiger partial charge in [0, 0.05) is 6.54 Å². The molecule has 2 aromatic rings. The van der Waals surface area contributed by atoms with E-state index in [4.69, 9.17) is 10.6 Å². The molecule has 0 aliphatic carbocycles. The molecule has 7 nitrogen and oxygen atoms in total. The molecule has 0 amide bonds. The monoisotopic (exact) mass is 295 g/mol. The Kier molecular flexibility index (Phi) is 4.08. The fourth-order valence-electron chi connectivity index (χ4n) is 2.33. The molecule has 1 aliphatic heterocycles. The minimum Gasteiger partial charge on any atom is -0.395 e. The number of aliphatic hydroxyl groups is 1.